The summed E-state index contributed by atoms with van der Waals surface area (Å²) in [4.78, 5) is 27.2. The van der Waals surface area contributed by atoms with Gasteiger partial charge in [0.05, 0.1) is 7.11 Å². The van der Waals surface area contributed by atoms with Gasteiger partial charge in [0.15, 0.2) is 0 Å². The van der Waals surface area contributed by atoms with Gasteiger partial charge in [-0.2, -0.15) is 0 Å². The van der Waals surface area contributed by atoms with Crippen LogP contribution in [0.4, 0.5) is 4.39 Å². The zero-order valence-electron chi connectivity index (χ0n) is 19.0. The van der Waals surface area contributed by atoms with Crippen LogP contribution in [0.1, 0.15) is 56.6 Å². The van der Waals surface area contributed by atoms with E-state index in [-0.39, 0.29) is 17.6 Å². The number of hydrogen-bond donors (Lipinski definition) is 1. The number of methoxy groups -OCH3 is 1. The molecule has 0 aromatic heterocycles. The van der Waals surface area contributed by atoms with E-state index in [4.69, 9.17) is 4.74 Å². The Hall–Kier alpha value is -2.89. The molecule has 1 aliphatic rings. The Kier molecular flexibility index (Phi) is 8.26. The Morgan fingerprint density at radius 1 is 1.22 bits per heavy atom. The van der Waals surface area contributed by atoms with Crippen LogP contribution in [0.3, 0.4) is 0 Å². The molecular formula is C26H33FN2O3. The molecule has 0 radical (unpaired) electrons. The summed E-state index contributed by atoms with van der Waals surface area (Å²) in [5, 5.41) is 3.05. The van der Waals surface area contributed by atoms with Gasteiger partial charge in [-0.25, -0.2) is 4.39 Å². The third-order valence-corrected chi connectivity index (χ3v) is 6.18. The molecular weight excluding hydrogens is 407 g/mol. The molecule has 6 heteroatoms. The summed E-state index contributed by atoms with van der Waals surface area (Å²) >= 11 is 0. The maximum atomic E-state index is 14.5. The number of rotatable bonds is 11. The van der Waals surface area contributed by atoms with Crippen LogP contribution in [0.25, 0.3) is 0 Å². The molecule has 2 aromatic rings. The first kappa shape index (κ1) is 23.8. The number of amides is 2. The van der Waals surface area contributed by atoms with Gasteiger partial charge in [0.1, 0.15) is 11.6 Å². The lowest BCUT2D eigenvalue weighted by atomic mass is 9.84. The Balaban J connectivity index is 1.72. The number of benzene rings is 2. The SMILES string of the molecule is CCCCN(Cc1ccccc1)C(=O)CCC1(Cc2cc(OC)ccc2F)CCC(=O)N1. The van der Waals surface area contributed by atoms with Crippen LogP contribution in [0, 0.1) is 5.82 Å². The van der Waals surface area contributed by atoms with Crippen LogP contribution in [0.5, 0.6) is 5.75 Å². The van der Waals surface area contributed by atoms with E-state index in [1.807, 2.05) is 35.2 Å². The van der Waals surface area contributed by atoms with Crippen molar-refractivity contribution >= 4 is 11.8 Å². The van der Waals surface area contributed by atoms with Gasteiger partial charge < -0.3 is 15.0 Å². The van der Waals surface area contributed by atoms with Gasteiger partial charge >= 0.3 is 0 Å². The normalized spacial score (nSPS) is 17.8. The average Bonchev–Trinajstić information content (AvgIpc) is 3.17. The molecule has 2 aromatic carbocycles. The number of carbonyl (C=O) groups is 2. The van der Waals surface area contributed by atoms with Crippen LogP contribution in [-0.2, 0) is 22.6 Å². The number of carbonyl (C=O) groups excluding carboxylic acids is 2. The fourth-order valence-corrected chi connectivity index (χ4v) is 4.31. The number of unbranched alkanes of at least 4 members (excludes halogenated alkanes) is 1. The molecule has 3 rings (SSSR count). The van der Waals surface area contributed by atoms with Crippen LogP contribution < -0.4 is 10.1 Å². The quantitative estimate of drug-likeness (QED) is 0.554. The number of hydrogen-bond acceptors (Lipinski definition) is 3. The van der Waals surface area contributed by atoms with E-state index in [1.54, 1.807) is 19.2 Å². The fraction of sp³-hybridized carbons (Fsp3) is 0.462. The van der Waals surface area contributed by atoms with Gasteiger partial charge in [0.25, 0.3) is 0 Å². The second-order valence-electron chi connectivity index (χ2n) is 8.62. The van der Waals surface area contributed by atoms with E-state index < -0.39 is 5.54 Å². The van der Waals surface area contributed by atoms with E-state index in [2.05, 4.69) is 12.2 Å². The summed E-state index contributed by atoms with van der Waals surface area (Å²) in [6, 6.07) is 14.6. The summed E-state index contributed by atoms with van der Waals surface area (Å²) in [5.41, 5.74) is 0.966. The van der Waals surface area contributed by atoms with Gasteiger partial charge in [-0.1, -0.05) is 43.7 Å². The Labute approximate surface area is 190 Å². The zero-order chi connectivity index (χ0) is 23.0. The van der Waals surface area contributed by atoms with Crippen molar-refractivity contribution in [2.75, 3.05) is 13.7 Å². The highest BCUT2D eigenvalue weighted by Gasteiger charge is 2.39. The molecule has 1 aliphatic heterocycles. The third kappa shape index (κ3) is 6.31. The van der Waals surface area contributed by atoms with Crippen molar-refractivity contribution in [3.05, 3.63) is 65.5 Å². The molecule has 0 bridgehead atoms. The third-order valence-electron chi connectivity index (χ3n) is 6.18. The number of ether oxygens (including phenoxy) is 1. The van der Waals surface area contributed by atoms with Gasteiger partial charge in [-0.15, -0.1) is 0 Å². The maximum absolute atomic E-state index is 14.5. The van der Waals surface area contributed by atoms with Gasteiger partial charge in [-0.3, -0.25) is 9.59 Å². The maximum Gasteiger partial charge on any atom is 0.222 e. The average molecular weight is 441 g/mol. The predicted octanol–water partition coefficient (Wildman–Crippen LogP) is 4.63. The molecule has 0 aliphatic carbocycles. The second-order valence-corrected chi connectivity index (χ2v) is 8.62. The largest absolute Gasteiger partial charge is 0.497 e. The summed E-state index contributed by atoms with van der Waals surface area (Å²) < 4.78 is 19.7. The zero-order valence-corrected chi connectivity index (χ0v) is 19.0. The lowest BCUT2D eigenvalue weighted by molar-refractivity contribution is -0.132. The van der Waals surface area contributed by atoms with Crippen LogP contribution in [0.15, 0.2) is 48.5 Å². The number of halogens is 1. The summed E-state index contributed by atoms with van der Waals surface area (Å²) in [7, 11) is 1.54. The van der Waals surface area contributed by atoms with Crippen molar-refractivity contribution in [1.82, 2.24) is 10.2 Å². The Bertz CT molecular complexity index is 919. The summed E-state index contributed by atoms with van der Waals surface area (Å²) in [5.74, 6) is 0.263. The first-order valence-electron chi connectivity index (χ1n) is 11.4. The molecule has 32 heavy (non-hydrogen) atoms. The van der Waals surface area contributed by atoms with Crippen molar-refractivity contribution < 1.29 is 18.7 Å². The number of nitrogens with zero attached hydrogens (tertiary/aromatic N) is 1. The Morgan fingerprint density at radius 2 is 2.00 bits per heavy atom. The van der Waals surface area contributed by atoms with Crippen LogP contribution >= 0.6 is 0 Å². The molecule has 1 fully saturated rings. The van der Waals surface area contributed by atoms with E-state index in [0.29, 0.717) is 56.5 Å². The van der Waals surface area contributed by atoms with E-state index in [9.17, 15) is 14.0 Å². The standard InChI is InChI=1S/C26H33FN2O3/c1-3-4-16-29(19-20-8-6-5-7-9-20)25(31)13-15-26(14-12-24(30)28-26)18-21-17-22(32-2)10-11-23(21)27/h5-11,17H,3-4,12-16,18-19H2,1-2H3,(H,28,30). The van der Waals surface area contributed by atoms with E-state index in [0.717, 1.165) is 18.4 Å². The first-order valence-corrected chi connectivity index (χ1v) is 11.4. The van der Waals surface area contributed by atoms with E-state index >= 15 is 0 Å². The summed E-state index contributed by atoms with van der Waals surface area (Å²) in [6.07, 6.45) is 4.05. The van der Waals surface area contributed by atoms with Crippen molar-refractivity contribution in [1.29, 1.82) is 0 Å². The van der Waals surface area contributed by atoms with E-state index in [1.165, 1.54) is 6.07 Å². The highest BCUT2D eigenvalue weighted by Crippen LogP contribution is 2.32. The molecule has 1 atom stereocenters. The lowest BCUT2D eigenvalue weighted by Crippen LogP contribution is -2.45. The summed E-state index contributed by atoms with van der Waals surface area (Å²) in [6.45, 7) is 3.38. The van der Waals surface area contributed by atoms with Crippen molar-refractivity contribution in [2.45, 2.75) is 64.0 Å². The molecule has 1 N–H and O–H groups in total. The molecule has 0 saturated carbocycles. The topological polar surface area (TPSA) is 58.6 Å². The first-order chi connectivity index (χ1) is 15.4. The Morgan fingerprint density at radius 3 is 2.66 bits per heavy atom. The minimum absolute atomic E-state index is 0.0483. The molecule has 1 unspecified atom stereocenters. The van der Waals surface area contributed by atoms with Gasteiger partial charge in [0.2, 0.25) is 11.8 Å². The number of nitrogens with one attached hydrogen (secondary N) is 1. The molecule has 5 nitrogen and oxygen atoms in total. The highest BCUT2D eigenvalue weighted by molar-refractivity contribution is 5.80. The second kappa shape index (κ2) is 11.1. The minimum atomic E-state index is -0.622. The van der Waals surface area contributed by atoms with Crippen LogP contribution in [-0.4, -0.2) is 35.9 Å². The smallest absolute Gasteiger partial charge is 0.222 e. The van der Waals surface area contributed by atoms with Gasteiger partial charge in [-0.05, 0) is 55.0 Å². The van der Waals surface area contributed by atoms with Crippen molar-refractivity contribution in [3.63, 3.8) is 0 Å². The lowest BCUT2D eigenvalue weighted by Gasteiger charge is -2.31. The minimum Gasteiger partial charge on any atom is -0.497 e. The van der Waals surface area contributed by atoms with Gasteiger partial charge in [0, 0.05) is 31.5 Å². The molecule has 1 heterocycles. The molecule has 0 spiro atoms. The molecule has 172 valence electrons. The van der Waals surface area contributed by atoms with Crippen LogP contribution in [0.2, 0.25) is 0 Å². The molecule has 1 saturated heterocycles. The fourth-order valence-electron chi connectivity index (χ4n) is 4.31. The highest BCUT2D eigenvalue weighted by atomic mass is 19.1. The monoisotopic (exact) mass is 440 g/mol. The van der Waals surface area contributed by atoms with Crippen molar-refractivity contribution in [3.8, 4) is 5.75 Å². The predicted molar refractivity (Wildman–Crippen MR) is 123 cm³/mol. The molecule has 2 amide bonds. The van der Waals surface area contributed by atoms with Crippen molar-refractivity contribution in [2.24, 2.45) is 0 Å².